The Balaban J connectivity index is 1.77. The lowest BCUT2D eigenvalue weighted by molar-refractivity contribution is -0.155. The van der Waals surface area contributed by atoms with E-state index >= 15 is 0 Å². The van der Waals surface area contributed by atoms with Gasteiger partial charge in [-0.05, 0) is 5.56 Å². The molecule has 0 aliphatic carbocycles. The molecule has 0 aromatic heterocycles. The van der Waals surface area contributed by atoms with Gasteiger partial charge in [0, 0.05) is 12.1 Å². The summed E-state index contributed by atoms with van der Waals surface area (Å²) < 4.78 is 5.13. The Bertz CT molecular complexity index is 717. The molecule has 6 nitrogen and oxygen atoms in total. The second-order valence-corrected chi connectivity index (χ2v) is 5.45. The van der Waals surface area contributed by atoms with Gasteiger partial charge in [0.2, 0.25) is 12.0 Å². The van der Waals surface area contributed by atoms with Gasteiger partial charge >= 0.3 is 5.97 Å². The van der Waals surface area contributed by atoms with E-state index in [9.17, 15) is 14.4 Å². The van der Waals surface area contributed by atoms with Crippen LogP contribution >= 0.6 is 0 Å². The number of primary amides is 1. The van der Waals surface area contributed by atoms with E-state index in [0.717, 1.165) is 5.56 Å². The molecule has 25 heavy (non-hydrogen) atoms. The fourth-order valence-corrected chi connectivity index (χ4v) is 2.26. The molecule has 130 valence electrons. The highest BCUT2D eigenvalue weighted by molar-refractivity contribution is 5.84. The van der Waals surface area contributed by atoms with Gasteiger partial charge in [-0.15, -0.1) is 0 Å². The van der Waals surface area contributed by atoms with Crippen LogP contribution in [0.15, 0.2) is 60.7 Å². The van der Waals surface area contributed by atoms with Crippen LogP contribution < -0.4 is 11.1 Å². The Hall–Kier alpha value is -3.15. The van der Waals surface area contributed by atoms with Gasteiger partial charge in [0.15, 0.2) is 0 Å². The fourth-order valence-electron chi connectivity index (χ4n) is 2.26. The highest BCUT2D eigenvalue weighted by Crippen LogP contribution is 2.17. The molecule has 6 heteroatoms. The maximum atomic E-state index is 11.9. The molecule has 1 unspecified atom stereocenters. The van der Waals surface area contributed by atoms with Gasteiger partial charge in [0.25, 0.3) is 5.91 Å². The van der Waals surface area contributed by atoms with Crippen molar-refractivity contribution in [2.75, 3.05) is 6.54 Å². The molecule has 0 aliphatic rings. The summed E-state index contributed by atoms with van der Waals surface area (Å²) in [5.41, 5.74) is 6.69. The first-order valence-corrected chi connectivity index (χ1v) is 7.90. The first-order chi connectivity index (χ1) is 12.1. The summed E-state index contributed by atoms with van der Waals surface area (Å²) in [4.78, 5) is 35.2. The number of hydrogen-bond acceptors (Lipinski definition) is 4. The van der Waals surface area contributed by atoms with Gasteiger partial charge in [0.05, 0.1) is 12.8 Å². The molecule has 0 heterocycles. The average Bonchev–Trinajstić information content (AvgIpc) is 2.61. The highest BCUT2D eigenvalue weighted by atomic mass is 16.5. The molecule has 2 rings (SSSR count). The third-order valence-electron chi connectivity index (χ3n) is 3.47. The lowest BCUT2D eigenvalue weighted by Gasteiger charge is -2.15. The summed E-state index contributed by atoms with van der Waals surface area (Å²) in [7, 11) is 0. The summed E-state index contributed by atoms with van der Waals surface area (Å²) in [6, 6.07) is 17.8. The lowest BCUT2D eigenvalue weighted by atomic mass is 10.1. The Morgan fingerprint density at radius 1 is 0.960 bits per heavy atom. The Morgan fingerprint density at radius 3 is 2.16 bits per heavy atom. The van der Waals surface area contributed by atoms with E-state index < -0.39 is 18.0 Å². The van der Waals surface area contributed by atoms with Crippen molar-refractivity contribution in [2.24, 2.45) is 5.73 Å². The monoisotopic (exact) mass is 340 g/mol. The van der Waals surface area contributed by atoms with E-state index in [1.807, 2.05) is 30.3 Å². The molecule has 2 aromatic carbocycles. The Labute approximate surface area is 146 Å². The van der Waals surface area contributed by atoms with Crippen LogP contribution in [0.1, 0.15) is 23.7 Å². The van der Waals surface area contributed by atoms with E-state index in [4.69, 9.17) is 10.5 Å². The van der Waals surface area contributed by atoms with E-state index in [1.165, 1.54) is 0 Å². The summed E-state index contributed by atoms with van der Waals surface area (Å²) in [5.74, 6) is -1.53. The summed E-state index contributed by atoms with van der Waals surface area (Å²) >= 11 is 0. The number of carbonyl (C=O) groups excluding carboxylic acids is 3. The molecule has 3 N–H and O–H groups in total. The molecule has 0 saturated heterocycles. The number of ether oxygens (including phenoxy) is 1. The summed E-state index contributed by atoms with van der Waals surface area (Å²) in [6.07, 6.45) is -0.935. The predicted octanol–water partition coefficient (Wildman–Crippen LogP) is 1.51. The molecular formula is C19H20N2O4. The third kappa shape index (κ3) is 6.10. The number of amides is 2. The number of nitrogens with one attached hydrogen (secondary N) is 1. The largest absolute Gasteiger partial charge is 0.447 e. The van der Waals surface area contributed by atoms with E-state index in [1.54, 1.807) is 30.3 Å². The zero-order valence-corrected chi connectivity index (χ0v) is 13.7. The molecule has 2 aromatic rings. The molecule has 0 aliphatic heterocycles. The second-order valence-electron chi connectivity index (χ2n) is 5.45. The maximum Gasteiger partial charge on any atom is 0.308 e. The molecule has 0 spiro atoms. The van der Waals surface area contributed by atoms with Crippen molar-refractivity contribution < 1.29 is 19.1 Å². The van der Waals surface area contributed by atoms with Gasteiger partial charge in [-0.2, -0.15) is 0 Å². The zero-order chi connectivity index (χ0) is 18.1. The molecule has 0 bridgehead atoms. The van der Waals surface area contributed by atoms with Crippen LogP contribution in [0.3, 0.4) is 0 Å². The van der Waals surface area contributed by atoms with Gasteiger partial charge in [-0.25, -0.2) is 0 Å². The van der Waals surface area contributed by atoms with Gasteiger partial charge in [-0.3, -0.25) is 14.4 Å². The van der Waals surface area contributed by atoms with E-state index in [2.05, 4.69) is 5.32 Å². The predicted molar refractivity (Wildman–Crippen MR) is 92.2 cm³/mol. The first kappa shape index (κ1) is 18.2. The molecule has 0 radical (unpaired) electrons. The van der Waals surface area contributed by atoms with Crippen molar-refractivity contribution in [2.45, 2.75) is 18.9 Å². The standard InChI is InChI=1S/C19H20N2O4/c20-19(24)18(15-9-5-2-6-10-15)25-17(23)11-12-21-16(22)13-14-7-3-1-4-8-14/h1-10,18H,11-13H2,(H2,20,24)(H,21,22). The van der Waals surface area contributed by atoms with E-state index in [-0.39, 0.29) is 25.3 Å². The molecular weight excluding hydrogens is 320 g/mol. The minimum atomic E-state index is -1.13. The quantitative estimate of drug-likeness (QED) is 0.712. The van der Waals surface area contributed by atoms with Crippen LogP contribution in [0.4, 0.5) is 0 Å². The number of benzene rings is 2. The smallest absolute Gasteiger partial charge is 0.308 e. The van der Waals surface area contributed by atoms with Crippen molar-refractivity contribution in [3.63, 3.8) is 0 Å². The second kappa shape index (κ2) is 9.22. The minimum Gasteiger partial charge on any atom is -0.447 e. The highest BCUT2D eigenvalue weighted by Gasteiger charge is 2.22. The summed E-state index contributed by atoms with van der Waals surface area (Å²) in [6.45, 7) is 0.130. The van der Waals surface area contributed by atoms with Crippen LogP contribution in [-0.2, 0) is 25.5 Å². The number of hydrogen-bond donors (Lipinski definition) is 2. The zero-order valence-electron chi connectivity index (χ0n) is 13.7. The van der Waals surface area contributed by atoms with Crippen LogP contribution in [0, 0.1) is 0 Å². The number of esters is 1. The van der Waals surface area contributed by atoms with Crippen molar-refractivity contribution in [3.05, 3.63) is 71.8 Å². The number of rotatable bonds is 8. The number of nitrogens with two attached hydrogens (primary N) is 1. The van der Waals surface area contributed by atoms with Crippen molar-refractivity contribution in [3.8, 4) is 0 Å². The van der Waals surface area contributed by atoms with Gasteiger partial charge in [0.1, 0.15) is 0 Å². The average molecular weight is 340 g/mol. The van der Waals surface area contributed by atoms with Crippen molar-refractivity contribution in [1.82, 2.24) is 5.32 Å². The Kier molecular flexibility index (Phi) is 6.71. The lowest BCUT2D eigenvalue weighted by Crippen LogP contribution is -2.30. The molecule has 0 saturated carbocycles. The van der Waals surface area contributed by atoms with Crippen LogP contribution in [0.5, 0.6) is 0 Å². The van der Waals surface area contributed by atoms with Crippen LogP contribution in [0.2, 0.25) is 0 Å². The Morgan fingerprint density at radius 2 is 1.56 bits per heavy atom. The van der Waals surface area contributed by atoms with E-state index in [0.29, 0.717) is 5.56 Å². The molecule has 1 atom stereocenters. The molecule has 0 fully saturated rings. The van der Waals surface area contributed by atoms with Gasteiger partial charge in [-0.1, -0.05) is 60.7 Å². The van der Waals surface area contributed by atoms with Crippen molar-refractivity contribution in [1.29, 1.82) is 0 Å². The van der Waals surface area contributed by atoms with Crippen LogP contribution in [0.25, 0.3) is 0 Å². The topological polar surface area (TPSA) is 98.5 Å². The maximum absolute atomic E-state index is 11.9. The fraction of sp³-hybridized carbons (Fsp3) is 0.211. The third-order valence-corrected chi connectivity index (χ3v) is 3.47. The van der Waals surface area contributed by atoms with Crippen molar-refractivity contribution >= 4 is 17.8 Å². The minimum absolute atomic E-state index is 0.0445. The van der Waals surface area contributed by atoms with Gasteiger partial charge < -0.3 is 15.8 Å². The van der Waals surface area contributed by atoms with Crippen LogP contribution in [-0.4, -0.2) is 24.3 Å². The normalized spacial score (nSPS) is 11.4. The first-order valence-electron chi connectivity index (χ1n) is 7.90. The SMILES string of the molecule is NC(=O)C(OC(=O)CCNC(=O)Cc1ccccc1)c1ccccc1. The summed E-state index contributed by atoms with van der Waals surface area (Å²) in [5, 5.41) is 2.65. The number of carbonyl (C=O) groups is 3. The molecule has 2 amide bonds.